The number of benzene rings is 1. The molecular weight excluding hydrogens is 351 g/mol. The van der Waals surface area contributed by atoms with Gasteiger partial charge in [-0.15, -0.1) is 0 Å². The lowest BCUT2D eigenvalue weighted by atomic mass is 10.3. The zero-order valence-corrected chi connectivity index (χ0v) is 13.2. The fourth-order valence-electron chi connectivity index (χ4n) is 1.49. The van der Waals surface area contributed by atoms with Gasteiger partial charge in [0.2, 0.25) is 0 Å². The Balaban J connectivity index is 1.91. The molecule has 0 bridgehead atoms. The molecule has 1 heterocycles. The van der Waals surface area contributed by atoms with Crippen LogP contribution in [0, 0.1) is 0 Å². The molecule has 1 N–H and O–H groups in total. The third-order valence-corrected chi connectivity index (χ3v) is 3.24. The van der Waals surface area contributed by atoms with Crippen LogP contribution in [0.3, 0.4) is 0 Å². The van der Waals surface area contributed by atoms with E-state index in [-0.39, 0.29) is 15.9 Å². The molecule has 0 spiro atoms. The molecule has 1 amide bonds. The number of halogens is 3. The number of aromatic nitrogens is 1. The van der Waals surface area contributed by atoms with E-state index in [1.165, 1.54) is 12.1 Å². The zero-order chi connectivity index (χ0) is 16.1. The molecule has 2 aromatic rings. The molecule has 0 radical (unpaired) electrons. The minimum atomic E-state index is -0.834. The van der Waals surface area contributed by atoms with Crippen LogP contribution in [0.4, 0.5) is 5.69 Å². The summed E-state index contributed by atoms with van der Waals surface area (Å²) in [6.45, 7) is -0.480. The Labute approximate surface area is 141 Å². The SMILES string of the molecule is O=C(COC(=O)c1nc(Cl)ccc1Cl)Nc1ccc(Cl)cc1. The minimum absolute atomic E-state index is 0.0903. The van der Waals surface area contributed by atoms with Gasteiger partial charge >= 0.3 is 5.97 Å². The number of amides is 1. The largest absolute Gasteiger partial charge is 0.451 e. The minimum Gasteiger partial charge on any atom is -0.451 e. The Bertz CT molecular complexity index is 705. The van der Waals surface area contributed by atoms with E-state index in [9.17, 15) is 9.59 Å². The number of carbonyl (C=O) groups is 2. The molecule has 1 aromatic heterocycles. The Kier molecular flexibility index (Phi) is 5.60. The van der Waals surface area contributed by atoms with Crippen LogP contribution in [0.15, 0.2) is 36.4 Å². The number of nitrogens with one attached hydrogen (secondary N) is 1. The van der Waals surface area contributed by atoms with Crippen LogP contribution in [-0.4, -0.2) is 23.5 Å². The first-order valence-corrected chi connectivity index (χ1v) is 7.13. The van der Waals surface area contributed by atoms with Gasteiger partial charge in [0.05, 0.1) is 5.02 Å². The topological polar surface area (TPSA) is 68.3 Å². The third-order valence-electron chi connectivity index (χ3n) is 2.47. The highest BCUT2D eigenvalue weighted by Crippen LogP contribution is 2.18. The molecule has 0 saturated carbocycles. The van der Waals surface area contributed by atoms with Crippen molar-refractivity contribution >= 4 is 52.4 Å². The normalized spacial score (nSPS) is 10.1. The molecule has 22 heavy (non-hydrogen) atoms. The second-order valence-corrected chi connectivity index (χ2v) is 5.33. The number of ether oxygens (including phenoxy) is 1. The van der Waals surface area contributed by atoms with E-state index in [4.69, 9.17) is 39.5 Å². The summed E-state index contributed by atoms with van der Waals surface area (Å²) in [5.41, 5.74) is 0.387. The van der Waals surface area contributed by atoms with Crippen LogP contribution in [-0.2, 0) is 9.53 Å². The van der Waals surface area contributed by atoms with E-state index in [1.807, 2.05) is 0 Å². The lowest BCUT2D eigenvalue weighted by molar-refractivity contribution is -0.119. The van der Waals surface area contributed by atoms with Crippen molar-refractivity contribution in [3.8, 4) is 0 Å². The molecule has 0 aliphatic heterocycles. The van der Waals surface area contributed by atoms with Gasteiger partial charge in [-0.25, -0.2) is 9.78 Å². The van der Waals surface area contributed by atoms with Crippen LogP contribution in [0.5, 0.6) is 0 Å². The number of nitrogens with zero attached hydrogens (tertiary/aromatic N) is 1. The monoisotopic (exact) mass is 358 g/mol. The van der Waals surface area contributed by atoms with Gasteiger partial charge in [-0.3, -0.25) is 4.79 Å². The van der Waals surface area contributed by atoms with E-state index >= 15 is 0 Å². The number of anilines is 1. The lowest BCUT2D eigenvalue weighted by Gasteiger charge is -2.07. The van der Waals surface area contributed by atoms with Crippen molar-refractivity contribution in [2.75, 3.05) is 11.9 Å². The highest BCUT2D eigenvalue weighted by molar-refractivity contribution is 6.34. The molecular formula is C14H9Cl3N2O3. The van der Waals surface area contributed by atoms with E-state index in [0.717, 1.165) is 0 Å². The second-order valence-electron chi connectivity index (χ2n) is 4.10. The third kappa shape index (κ3) is 4.59. The average molecular weight is 360 g/mol. The van der Waals surface area contributed by atoms with E-state index in [1.54, 1.807) is 24.3 Å². The van der Waals surface area contributed by atoms with Crippen molar-refractivity contribution in [3.05, 3.63) is 57.3 Å². The Hall–Kier alpha value is -1.82. The number of hydrogen-bond donors (Lipinski definition) is 1. The van der Waals surface area contributed by atoms with Crippen LogP contribution in [0.25, 0.3) is 0 Å². The number of carbonyl (C=O) groups excluding carboxylic acids is 2. The number of esters is 1. The van der Waals surface area contributed by atoms with Crippen LogP contribution >= 0.6 is 34.8 Å². The van der Waals surface area contributed by atoms with Gasteiger partial charge in [-0.2, -0.15) is 0 Å². The standard InChI is InChI=1S/C14H9Cl3N2O3/c15-8-1-3-9(4-2-8)18-12(20)7-22-14(21)13-10(16)5-6-11(17)19-13/h1-6H,7H2,(H,18,20). The highest BCUT2D eigenvalue weighted by Gasteiger charge is 2.16. The van der Waals surface area contributed by atoms with Gasteiger partial charge in [0.15, 0.2) is 12.3 Å². The highest BCUT2D eigenvalue weighted by atomic mass is 35.5. The van der Waals surface area contributed by atoms with Crippen molar-refractivity contribution in [3.63, 3.8) is 0 Å². The molecule has 0 aliphatic carbocycles. The number of hydrogen-bond acceptors (Lipinski definition) is 4. The maximum absolute atomic E-state index is 11.8. The Morgan fingerprint density at radius 2 is 1.73 bits per heavy atom. The molecule has 0 aliphatic rings. The first kappa shape index (κ1) is 16.5. The van der Waals surface area contributed by atoms with Crippen molar-refractivity contribution < 1.29 is 14.3 Å². The van der Waals surface area contributed by atoms with Crippen molar-refractivity contribution in [2.24, 2.45) is 0 Å². The van der Waals surface area contributed by atoms with Gasteiger partial charge in [-0.1, -0.05) is 34.8 Å². The second kappa shape index (κ2) is 7.45. The molecule has 0 atom stereocenters. The van der Waals surface area contributed by atoms with E-state index < -0.39 is 18.5 Å². The molecule has 8 heteroatoms. The Morgan fingerprint density at radius 1 is 1.05 bits per heavy atom. The van der Waals surface area contributed by atoms with Gasteiger partial charge in [0.25, 0.3) is 5.91 Å². The van der Waals surface area contributed by atoms with Gasteiger partial charge in [0.1, 0.15) is 5.15 Å². The van der Waals surface area contributed by atoms with Gasteiger partial charge in [-0.05, 0) is 36.4 Å². The lowest BCUT2D eigenvalue weighted by Crippen LogP contribution is -2.21. The fourth-order valence-corrected chi connectivity index (χ4v) is 1.95. The van der Waals surface area contributed by atoms with E-state index in [2.05, 4.69) is 10.3 Å². The van der Waals surface area contributed by atoms with E-state index in [0.29, 0.717) is 10.7 Å². The zero-order valence-electron chi connectivity index (χ0n) is 11.0. The average Bonchev–Trinajstić information content (AvgIpc) is 2.49. The summed E-state index contributed by atoms with van der Waals surface area (Å²) in [7, 11) is 0. The Morgan fingerprint density at radius 3 is 2.41 bits per heavy atom. The smallest absolute Gasteiger partial charge is 0.359 e. The van der Waals surface area contributed by atoms with Crippen molar-refractivity contribution in [2.45, 2.75) is 0 Å². The quantitative estimate of drug-likeness (QED) is 0.665. The van der Waals surface area contributed by atoms with Crippen molar-refractivity contribution in [1.29, 1.82) is 0 Å². The first-order valence-electron chi connectivity index (χ1n) is 6.00. The van der Waals surface area contributed by atoms with Crippen LogP contribution < -0.4 is 5.32 Å². The molecule has 2 rings (SSSR count). The summed E-state index contributed by atoms with van der Waals surface area (Å²) < 4.78 is 4.84. The fraction of sp³-hybridized carbons (Fsp3) is 0.0714. The first-order chi connectivity index (χ1) is 10.5. The molecule has 1 aromatic carbocycles. The maximum atomic E-state index is 11.8. The van der Waals surface area contributed by atoms with Crippen molar-refractivity contribution in [1.82, 2.24) is 4.98 Å². The summed E-state index contributed by atoms with van der Waals surface area (Å²) in [6.07, 6.45) is 0. The maximum Gasteiger partial charge on any atom is 0.359 e. The van der Waals surface area contributed by atoms with Gasteiger partial charge < -0.3 is 10.1 Å². The summed E-state index contributed by atoms with van der Waals surface area (Å²) >= 11 is 17.2. The summed E-state index contributed by atoms with van der Waals surface area (Å²) in [6, 6.07) is 9.35. The predicted molar refractivity (Wildman–Crippen MR) is 84.6 cm³/mol. The molecule has 0 fully saturated rings. The van der Waals surface area contributed by atoms with Gasteiger partial charge in [0, 0.05) is 10.7 Å². The predicted octanol–water partition coefficient (Wildman–Crippen LogP) is 3.84. The molecule has 114 valence electrons. The van der Waals surface area contributed by atoms with Crippen LogP contribution in [0.2, 0.25) is 15.2 Å². The molecule has 0 unspecified atom stereocenters. The summed E-state index contributed by atoms with van der Waals surface area (Å²) in [5.74, 6) is -1.34. The number of rotatable bonds is 4. The number of pyridine rings is 1. The summed E-state index contributed by atoms with van der Waals surface area (Å²) in [4.78, 5) is 27.2. The van der Waals surface area contributed by atoms with Crippen LogP contribution in [0.1, 0.15) is 10.5 Å². The molecule has 5 nitrogen and oxygen atoms in total. The summed E-state index contributed by atoms with van der Waals surface area (Å²) in [5, 5.41) is 3.28. The molecule has 0 saturated heterocycles.